The number of carbonyl (C=O) groups excluding carboxylic acids is 2. The highest BCUT2D eigenvalue weighted by molar-refractivity contribution is 5.81. The Bertz CT molecular complexity index is 311. The number of carboxylic acid groups (broad SMARTS) is 1. The fourth-order valence-corrected chi connectivity index (χ4v) is 1.71. The lowest BCUT2D eigenvalue weighted by Gasteiger charge is -2.34. The Morgan fingerprint density at radius 2 is 1.41 bits per heavy atom. The average Bonchev–Trinajstić information content (AvgIpc) is 2.35. The number of rotatable bonds is 4. The minimum atomic E-state index is -0.977. The van der Waals surface area contributed by atoms with Crippen LogP contribution in [0.5, 0.6) is 0 Å². The van der Waals surface area contributed by atoms with Crippen LogP contribution in [0.15, 0.2) is 0 Å². The van der Waals surface area contributed by atoms with Gasteiger partial charge in [-0.1, -0.05) is 0 Å². The van der Waals surface area contributed by atoms with Crippen molar-refractivity contribution in [1.29, 1.82) is 0 Å². The summed E-state index contributed by atoms with van der Waals surface area (Å²) in [5, 5.41) is 8.47. The fraction of sp³-hybridized carbons (Fsp3) is 0.700. The van der Waals surface area contributed by atoms with E-state index in [2.05, 4.69) is 0 Å². The SMILES string of the molecule is NCC(=O)N1CCN(C(=O)CCC(=O)O)CC1. The zero-order valence-electron chi connectivity index (χ0n) is 9.59. The summed E-state index contributed by atoms with van der Waals surface area (Å²) in [4.78, 5) is 36.4. The summed E-state index contributed by atoms with van der Waals surface area (Å²) in [6.45, 7) is 1.81. The number of nitrogens with zero attached hydrogens (tertiary/aromatic N) is 2. The van der Waals surface area contributed by atoms with Crippen molar-refractivity contribution in [3.63, 3.8) is 0 Å². The molecule has 0 spiro atoms. The van der Waals surface area contributed by atoms with Gasteiger partial charge in [0.25, 0.3) is 0 Å². The Morgan fingerprint density at radius 3 is 1.82 bits per heavy atom. The molecule has 0 radical (unpaired) electrons. The summed E-state index contributed by atoms with van der Waals surface area (Å²) in [7, 11) is 0. The molecule has 1 rings (SSSR count). The summed E-state index contributed by atoms with van der Waals surface area (Å²) in [5.41, 5.74) is 5.24. The molecule has 1 saturated heterocycles. The molecule has 0 aromatic carbocycles. The third-order valence-corrected chi connectivity index (χ3v) is 2.71. The molecule has 0 aromatic heterocycles. The van der Waals surface area contributed by atoms with Crippen LogP contribution in [0.4, 0.5) is 0 Å². The van der Waals surface area contributed by atoms with Crippen LogP contribution in [0, 0.1) is 0 Å². The van der Waals surface area contributed by atoms with Crippen molar-refractivity contribution in [2.45, 2.75) is 12.8 Å². The maximum atomic E-state index is 11.6. The Kier molecular flexibility index (Phi) is 4.89. The third-order valence-electron chi connectivity index (χ3n) is 2.71. The van der Waals surface area contributed by atoms with Crippen molar-refractivity contribution in [1.82, 2.24) is 9.80 Å². The summed E-state index contributed by atoms with van der Waals surface area (Å²) in [6.07, 6.45) is -0.138. The zero-order chi connectivity index (χ0) is 12.8. The highest BCUT2D eigenvalue weighted by Gasteiger charge is 2.23. The predicted octanol–water partition coefficient (Wildman–Crippen LogP) is -1.52. The molecule has 0 aromatic rings. The maximum Gasteiger partial charge on any atom is 0.303 e. The van der Waals surface area contributed by atoms with Gasteiger partial charge < -0.3 is 20.6 Å². The van der Waals surface area contributed by atoms with Gasteiger partial charge in [0, 0.05) is 32.6 Å². The first-order valence-electron chi connectivity index (χ1n) is 5.52. The molecule has 7 heteroatoms. The van der Waals surface area contributed by atoms with Crippen LogP contribution < -0.4 is 5.73 Å². The van der Waals surface area contributed by atoms with E-state index >= 15 is 0 Å². The van der Waals surface area contributed by atoms with Gasteiger partial charge in [0.15, 0.2) is 0 Å². The molecule has 0 aliphatic carbocycles. The van der Waals surface area contributed by atoms with Crippen LogP contribution in [-0.4, -0.2) is 65.4 Å². The number of amides is 2. The number of hydrogen-bond acceptors (Lipinski definition) is 4. The number of piperazine rings is 1. The molecule has 1 heterocycles. The number of aliphatic carboxylic acids is 1. The van der Waals surface area contributed by atoms with Gasteiger partial charge in [-0.25, -0.2) is 0 Å². The molecule has 96 valence electrons. The molecule has 7 nitrogen and oxygen atoms in total. The first-order chi connectivity index (χ1) is 8.04. The van der Waals surface area contributed by atoms with Gasteiger partial charge >= 0.3 is 5.97 Å². The highest BCUT2D eigenvalue weighted by atomic mass is 16.4. The summed E-state index contributed by atoms with van der Waals surface area (Å²) < 4.78 is 0. The Hall–Kier alpha value is -1.63. The highest BCUT2D eigenvalue weighted by Crippen LogP contribution is 2.05. The summed E-state index contributed by atoms with van der Waals surface area (Å²) in [5.74, 6) is -1.27. The lowest BCUT2D eigenvalue weighted by atomic mass is 10.2. The van der Waals surface area contributed by atoms with Crippen LogP contribution in [-0.2, 0) is 14.4 Å². The topological polar surface area (TPSA) is 104 Å². The minimum absolute atomic E-state index is 0.0141. The van der Waals surface area contributed by atoms with Gasteiger partial charge in [-0.2, -0.15) is 0 Å². The second-order valence-electron chi connectivity index (χ2n) is 3.86. The van der Waals surface area contributed by atoms with Crippen LogP contribution >= 0.6 is 0 Å². The van der Waals surface area contributed by atoms with E-state index in [-0.39, 0.29) is 31.2 Å². The second-order valence-corrected chi connectivity index (χ2v) is 3.86. The Balaban J connectivity index is 2.33. The standard InChI is InChI=1S/C10H17N3O4/c11-7-9(15)13-5-3-12(4-6-13)8(14)1-2-10(16)17/h1-7,11H2,(H,16,17). The van der Waals surface area contributed by atoms with E-state index in [4.69, 9.17) is 10.8 Å². The second kappa shape index (κ2) is 6.19. The van der Waals surface area contributed by atoms with E-state index in [1.54, 1.807) is 9.80 Å². The number of carbonyl (C=O) groups is 3. The lowest BCUT2D eigenvalue weighted by molar-refractivity contribution is -0.142. The number of nitrogens with two attached hydrogens (primary N) is 1. The molecular weight excluding hydrogens is 226 g/mol. The molecule has 1 fully saturated rings. The molecular formula is C10H17N3O4. The molecule has 3 N–H and O–H groups in total. The smallest absolute Gasteiger partial charge is 0.303 e. The molecule has 17 heavy (non-hydrogen) atoms. The molecule has 1 aliphatic rings. The predicted molar refractivity (Wildman–Crippen MR) is 59.1 cm³/mol. The third kappa shape index (κ3) is 4.03. The summed E-state index contributed by atoms with van der Waals surface area (Å²) >= 11 is 0. The van der Waals surface area contributed by atoms with Gasteiger partial charge in [-0.3, -0.25) is 14.4 Å². The molecule has 0 saturated carbocycles. The van der Waals surface area contributed by atoms with Crippen LogP contribution in [0.3, 0.4) is 0 Å². The van der Waals surface area contributed by atoms with Crippen molar-refractivity contribution in [3.05, 3.63) is 0 Å². The quantitative estimate of drug-likeness (QED) is 0.624. The summed E-state index contributed by atoms with van der Waals surface area (Å²) in [6, 6.07) is 0. The van der Waals surface area contributed by atoms with E-state index in [0.29, 0.717) is 26.2 Å². The Morgan fingerprint density at radius 1 is 0.941 bits per heavy atom. The normalized spacial score (nSPS) is 15.8. The van der Waals surface area contributed by atoms with Crippen molar-refractivity contribution in [2.75, 3.05) is 32.7 Å². The van der Waals surface area contributed by atoms with E-state index in [1.165, 1.54) is 0 Å². The van der Waals surface area contributed by atoms with Crippen LogP contribution in [0.2, 0.25) is 0 Å². The fourth-order valence-electron chi connectivity index (χ4n) is 1.71. The molecule has 0 bridgehead atoms. The van der Waals surface area contributed by atoms with Crippen molar-refractivity contribution in [2.24, 2.45) is 5.73 Å². The van der Waals surface area contributed by atoms with E-state index in [1.807, 2.05) is 0 Å². The Labute approximate surface area is 99.2 Å². The van der Waals surface area contributed by atoms with Gasteiger partial charge in [0.05, 0.1) is 13.0 Å². The van der Waals surface area contributed by atoms with Crippen LogP contribution in [0.25, 0.3) is 0 Å². The van der Waals surface area contributed by atoms with E-state index < -0.39 is 5.97 Å². The van der Waals surface area contributed by atoms with Gasteiger partial charge in [-0.05, 0) is 0 Å². The molecule has 0 atom stereocenters. The monoisotopic (exact) mass is 243 g/mol. The molecule has 2 amide bonds. The van der Waals surface area contributed by atoms with Crippen molar-refractivity contribution in [3.8, 4) is 0 Å². The molecule has 1 aliphatic heterocycles. The number of hydrogen-bond donors (Lipinski definition) is 2. The average molecular weight is 243 g/mol. The van der Waals surface area contributed by atoms with E-state index in [0.717, 1.165) is 0 Å². The van der Waals surface area contributed by atoms with Gasteiger partial charge in [-0.15, -0.1) is 0 Å². The first-order valence-corrected chi connectivity index (χ1v) is 5.52. The van der Waals surface area contributed by atoms with Crippen LogP contribution in [0.1, 0.15) is 12.8 Å². The minimum Gasteiger partial charge on any atom is -0.481 e. The largest absolute Gasteiger partial charge is 0.481 e. The number of carboxylic acids is 1. The van der Waals surface area contributed by atoms with Gasteiger partial charge in [0.1, 0.15) is 0 Å². The van der Waals surface area contributed by atoms with Crippen molar-refractivity contribution < 1.29 is 19.5 Å². The maximum absolute atomic E-state index is 11.6. The van der Waals surface area contributed by atoms with E-state index in [9.17, 15) is 14.4 Å². The lowest BCUT2D eigenvalue weighted by Crippen LogP contribution is -2.51. The van der Waals surface area contributed by atoms with Gasteiger partial charge in [0.2, 0.25) is 11.8 Å². The molecule has 0 unspecified atom stereocenters. The first kappa shape index (κ1) is 13.4. The van der Waals surface area contributed by atoms with Crippen molar-refractivity contribution >= 4 is 17.8 Å². The zero-order valence-corrected chi connectivity index (χ0v) is 9.59.